The highest BCUT2D eigenvalue weighted by Gasteiger charge is 2.50. The van der Waals surface area contributed by atoms with Crippen molar-refractivity contribution in [2.75, 3.05) is 0 Å². The monoisotopic (exact) mass is 368 g/mol. The zero-order chi connectivity index (χ0) is 19.6. The van der Waals surface area contributed by atoms with Crippen molar-refractivity contribution in [2.24, 2.45) is 0 Å². The molecule has 3 rings (SSSR count). The summed E-state index contributed by atoms with van der Waals surface area (Å²) in [6.45, 7) is 3.70. The molecule has 2 atom stereocenters. The average Bonchev–Trinajstić information content (AvgIpc) is 2.89. The first-order valence-electron chi connectivity index (χ1n) is 8.16. The van der Waals surface area contributed by atoms with E-state index in [-0.39, 0.29) is 11.1 Å². The van der Waals surface area contributed by atoms with Crippen molar-refractivity contribution >= 4 is 23.9 Å². The van der Waals surface area contributed by atoms with E-state index in [0.717, 1.165) is 11.1 Å². The number of esters is 4. The van der Waals surface area contributed by atoms with Gasteiger partial charge in [0.1, 0.15) is 0 Å². The van der Waals surface area contributed by atoms with Crippen LogP contribution in [0.5, 0.6) is 0 Å². The molecule has 1 aliphatic rings. The normalized spacial score (nSPS) is 18.7. The average molecular weight is 368 g/mol. The molecule has 0 spiro atoms. The molecular weight excluding hydrogens is 352 g/mol. The van der Waals surface area contributed by atoms with Gasteiger partial charge in [-0.2, -0.15) is 0 Å². The third-order valence-corrected chi connectivity index (χ3v) is 3.98. The maximum Gasteiger partial charge on any atom is 0.359 e. The van der Waals surface area contributed by atoms with Crippen LogP contribution in [0.3, 0.4) is 0 Å². The molecule has 7 heteroatoms. The highest BCUT2D eigenvalue weighted by Crippen LogP contribution is 2.20. The van der Waals surface area contributed by atoms with Gasteiger partial charge in [-0.1, -0.05) is 35.4 Å². The molecule has 0 aliphatic carbocycles. The van der Waals surface area contributed by atoms with Crippen LogP contribution in [0.15, 0.2) is 48.5 Å². The number of aryl methyl sites for hydroxylation is 2. The van der Waals surface area contributed by atoms with Gasteiger partial charge in [0.2, 0.25) is 12.2 Å². The molecule has 0 unspecified atom stereocenters. The Labute approximate surface area is 154 Å². The van der Waals surface area contributed by atoms with Crippen LogP contribution in [0.4, 0.5) is 0 Å². The first-order valence-corrected chi connectivity index (χ1v) is 8.16. The summed E-state index contributed by atoms with van der Waals surface area (Å²) in [7, 11) is 0. The standard InChI is InChI=1S/C20H16O7/c1-11-3-7-13(8-4-11)17(21)25-15-16(20(24)27-19(15)23)26-18(22)14-9-5-12(2)6-10-14/h3-10,15-16H,1-2H3/t15-,16-/m1/s1. The highest BCUT2D eigenvalue weighted by atomic mass is 16.7. The quantitative estimate of drug-likeness (QED) is 0.463. The van der Waals surface area contributed by atoms with Crippen molar-refractivity contribution in [3.05, 3.63) is 70.8 Å². The van der Waals surface area contributed by atoms with E-state index in [4.69, 9.17) is 9.47 Å². The molecule has 0 N–H and O–H groups in total. The molecule has 1 aliphatic heterocycles. The largest absolute Gasteiger partial charge is 0.442 e. The maximum atomic E-state index is 12.2. The van der Waals surface area contributed by atoms with Crippen LogP contribution >= 0.6 is 0 Å². The van der Waals surface area contributed by atoms with Gasteiger partial charge in [-0.05, 0) is 38.1 Å². The first-order chi connectivity index (χ1) is 12.8. The van der Waals surface area contributed by atoms with Gasteiger partial charge in [-0.25, -0.2) is 19.2 Å². The fraction of sp³-hybridized carbons (Fsp3) is 0.200. The molecule has 2 aromatic rings. The van der Waals surface area contributed by atoms with E-state index in [2.05, 4.69) is 4.74 Å². The summed E-state index contributed by atoms with van der Waals surface area (Å²) in [6.07, 6.45) is -3.30. The maximum absolute atomic E-state index is 12.2. The Morgan fingerprint density at radius 3 is 1.37 bits per heavy atom. The van der Waals surface area contributed by atoms with Crippen LogP contribution in [-0.4, -0.2) is 36.1 Å². The van der Waals surface area contributed by atoms with E-state index in [1.54, 1.807) is 24.3 Å². The van der Waals surface area contributed by atoms with E-state index in [9.17, 15) is 19.2 Å². The minimum absolute atomic E-state index is 0.191. The number of rotatable bonds is 4. The molecule has 1 saturated heterocycles. The number of hydrogen-bond donors (Lipinski definition) is 0. The summed E-state index contributed by atoms with van der Waals surface area (Å²) in [5, 5.41) is 0. The van der Waals surface area contributed by atoms with Crippen molar-refractivity contribution in [1.82, 2.24) is 0 Å². The van der Waals surface area contributed by atoms with Crippen LogP contribution in [0.1, 0.15) is 31.8 Å². The molecule has 0 radical (unpaired) electrons. The molecule has 1 heterocycles. The second-order valence-corrected chi connectivity index (χ2v) is 6.12. The number of cyclic esters (lactones) is 2. The minimum Gasteiger partial charge on any atom is -0.442 e. The van der Waals surface area contributed by atoms with E-state index in [0.29, 0.717) is 0 Å². The predicted octanol–water partition coefficient (Wildman–Crippen LogP) is 2.14. The molecule has 2 aromatic carbocycles. The zero-order valence-electron chi connectivity index (χ0n) is 14.6. The lowest BCUT2D eigenvalue weighted by Gasteiger charge is -2.15. The number of benzene rings is 2. The molecule has 1 fully saturated rings. The number of hydrogen-bond acceptors (Lipinski definition) is 7. The Morgan fingerprint density at radius 1 is 0.704 bits per heavy atom. The third kappa shape index (κ3) is 4.03. The summed E-state index contributed by atoms with van der Waals surface area (Å²) in [5.74, 6) is -3.82. The van der Waals surface area contributed by atoms with Crippen molar-refractivity contribution in [3.63, 3.8) is 0 Å². The van der Waals surface area contributed by atoms with Crippen LogP contribution < -0.4 is 0 Å². The molecule has 0 bridgehead atoms. The van der Waals surface area contributed by atoms with Crippen molar-refractivity contribution in [3.8, 4) is 0 Å². The van der Waals surface area contributed by atoms with Crippen LogP contribution in [0, 0.1) is 13.8 Å². The fourth-order valence-corrected chi connectivity index (χ4v) is 2.43. The van der Waals surface area contributed by atoms with Crippen LogP contribution in [-0.2, 0) is 23.8 Å². The Kier molecular flexibility index (Phi) is 5.03. The lowest BCUT2D eigenvalue weighted by Crippen LogP contribution is -2.37. The fourth-order valence-electron chi connectivity index (χ4n) is 2.43. The number of carbonyl (C=O) groups excluding carboxylic acids is 4. The van der Waals surface area contributed by atoms with Gasteiger partial charge in [0.05, 0.1) is 11.1 Å². The van der Waals surface area contributed by atoms with Gasteiger partial charge in [-0.15, -0.1) is 0 Å². The first kappa shape index (κ1) is 18.3. The molecular formula is C20H16O7. The minimum atomic E-state index is -1.65. The van der Waals surface area contributed by atoms with E-state index >= 15 is 0 Å². The Balaban J connectivity index is 1.74. The van der Waals surface area contributed by atoms with Crippen LogP contribution in [0.25, 0.3) is 0 Å². The van der Waals surface area contributed by atoms with Gasteiger partial charge in [-0.3, -0.25) is 0 Å². The second kappa shape index (κ2) is 7.41. The van der Waals surface area contributed by atoms with Crippen LogP contribution in [0.2, 0.25) is 0 Å². The van der Waals surface area contributed by atoms with Gasteiger partial charge < -0.3 is 14.2 Å². The predicted molar refractivity (Wildman–Crippen MR) is 91.9 cm³/mol. The summed E-state index contributed by atoms with van der Waals surface area (Å²) in [6, 6.07) is 12.9. The van der Waals surface area contributed by atoms with Crippen molar-refractivity contribution in [2.45, 2.75) is 26.1 Å². The Hall–Kier alpha value is -3.48. The third-order valence-electron chi connectivity index (χ3n) is 3.98. The molecule has 0 aromatic heterocycles. The zero-order valence-corrected chi connectivity index (χ0v) is 14.6. The summed E-state index contributed by atoms with van der Waals surface area (Å²) < 4.78 is 14.6. The number of ether oxygens (including phenoxy) is 3. The van der Waals surface area contributed by atoms with Gasteiger partial charge >= 0.3 is 23.9 Å². The Morgan fingerprint density at radius 2 is 1.04 bits per heavy atom. The smallest absolute Gasteiger partial charge is 0.359 e. The molecule has 138 valence electrons. The molecule has 0 saturated carbocycles. The topological polar surface area (TPSA) is 96.0 Å². The van der Waals surface area contributed by atoms with Crippen molar-refractivity contribution in [1.29, 1.82) is 0 Å². The van der Waals surface area contributed by atoms with E-state index < -0.39 is 36.1 Å². The van der Waals surface area contributed by atoms with Gasteiger partial charge in [0.15, 0.2) is 0 Å². The molecule has 7 nitrogen and oxygen atoms in total. The Bertz CT molecular complexity index is 821. The SMILES string of the molecule is Cc1ccc(C(=O)O[C@H]2C(=O)OC(=O)[C@@H]2OC(=O)c2ccc(C)cc2)cc1. The lowest BCUT2D eigenvalue weighted by molar-refractivity contribution is -0.155. The highest BCUT2D eigenvalue weighted by molar-refractivity contribution is 6.03. The number of carbonyl (C=O) groups is 4. The van der Waals surface area contributed by atoms with Gasteiger partial charge in [0, 0.05) is 0 Å². The van der Waals surface area contributed by atoms with Crippen molar-refractivity contribution < 1.29 is 33.4 Å². The van der Waals surface area contributed by atoms with E-state index in [1.807, 2.05) is 13.8 Å². The van der Waals surface area contributed by atoms with E-state index in [1.165, 1.54) is 24.3 Å². The summed E-state index contributed by atoms with van der Waals surface area (Å²) in [4.78, 5) is 48.2. The lowest BCUT2D eigenvalue weighted by atomic mass is 10.1. The molecule has 27 heavy (non-hydrogen) atoms. The van der Waals surface area contributed by atoms with Gasteiger partial charge in [0.25, 0.3) is 0 Å². The summed E-state index contributed by atoms with van der Waals surface area (Å²) in [5.41, 5.74) is 2.26. The summed E-state index contributed by atoms with van der Waals surface area (Å²) >= 11 is 0. The second-order valence-electron chi connectivity index (χ2n) is 6.12. The molecule has 0 amide bonds.